The van der Waals surface area contributed by atoms with Crippen molar-refractivity contribution in [3.8, 4) is 5.75 Å². The maximum atomic E-state index is 12.4. The zero-order valence-corrected chi connectivity index (χ0v) is 16.4. The number of rotatable bonds is 7. The Bertz CT molecular complexity index is 952. The van der Waals surface area contributed by atoms with Crippen molar-refractivity contribution in [2.45, 2.75) is 19.8 Å². The molecule has 0 aliphatic rings. The normalized spacial score (nSPS) is 10.4. The van der Waals surface area contributed by atoms with E-state index < -0.39 is 0 Å². The average Bonchev–Trinajstić information content (AvgIpc) is 3.15. The molecule has 1 heterocycles. The fourth-order valence-corrected chi connectivity index (χ4v) is 3.19. The molecular formula is C20H20N4O3S. The summed E-state index contributed by atoms with van der Waals surface area (Å²) >= 11 is 1.33. The first kappa shape index (κ1) is 19.5. The number of amides is 2. The Labute approximate surface area is 166 Å². The van der Waals surface area contributed by atoms with Crippen LogP contribution in [0, 0.1) is 0 Å². The van der Waals surface area contributed by atoms with Gasteiger partial charge in [-0.3, -0.25) is 14.9 Å². The molecule has 0 bridgehead atoms. The van der Waals surface area contributed by atoms with Crippen LogP contribution in [0.1, 0.15) is 34.3 Å². The number of carbonyl (C=O) groups excluding carboxylic acids is 2. The standard InChI is InChI=1S/C20H20N4O3S/c1-3-17(25)21-15-8-6-14(7-9-15)19(26)22-20-24-23-18(28-20)12-13-4-10-16(27-2)11-5-13/h4-11H,3,12H2,1-2H3,(H,21,25)(H,22,24,26). The Morgan fingerprint density at radius 1 is 1.00 bits per heavy atom. The predicted molar refractivity (Wildman–Crippen MR) is 109 cm³/mol. The van der Waals surface area contributed by atoms with E-state index in [9.17, 15) is 9.59 Å². The van der Waals surface area contributed by atoms with Gasteiger partial charge in [0.05, 0.1) is 7.11 Å². The highest BCUT2D eigenvalue weighted by molar-refractivity contribution is 7.15. The highest BCUT2D eigenvalue weighted by Gasteiger charge is 2.11. The van der Waals surface area contributed by atoms with Gasteiger partial charge < -0.3 is 10.1 Å². The molecule has 144 valence electrons. The van der Waals surface area contributed by atoms with Crippen molar-refractivity contribution >= 4 is 34.0 Å². The number of benzene rings is 2. The number of hydrogen-bond acceptors (Lipinski definition) is 6. The van der Waals surface area contributed by atoms with Crippen molar-refractivity contribution in [2.24, 2.45) is 0 Å². The average molecular weight is 396 g/mol. The number of aromatic nitrogens is 2. The van der Waals surface area contributed by atoms with Crippen LogP contribution < -0.4 is 15.4 Å². The third-order valence-corrected chi connectivity index (χ3v) is 4.79. The van der Waals surface area contributed by atoms with E-state index in [1.165, 1.54) is 11.3 Å². The van der Waals surface area contributed by atoms with E-state index in [0.717, 1.165) is 16.3 Å². The van der Waals surface area contributed by atoms with Crippen molar-refractivity contribution in [1.82, 2.24) is 10.2 Å². The lowest BCUT2D eigenvalue weighted by Gasteiger charge is -2.05. The van der Waals surface area contributed by atoms with Crippen LogP contribution in [0.15, 0.2) is 48.5 Å². The first-order valence-electron chi connectivity index (χ1n) is 8.74. The van der Waals surface area contributed by atoms with Gasteiger partial charge in [0, 0.05) is 24.1 Å². The first-order valence-corrected chi connectivity index (χ1v) is 9.55. The predicted octanol–water partition coefficient (Wildman–Crippen LogP) is 3.74. The first-order chi connectivity index (χ1) is 13.6. The maximum Gasteiger partial charge on any atom is 0.257 e. The molecule has 3 aromatic rings. The van der Waals surface area contributed by atoms with E-state index in [4.69, 9.17) is 4.74 Å². The Balaban J connectivity index is 1.59. The van der Waals surface area contributed by atoms with Crippen molar-refractivity contribution in [3.63, 3.8) is 0 Å². The van der Waals surface area contributed by atoms with Crippen LogP contribution in [0.3, 0.4) is 0 Å². The van der Waals surface area contributed by atoms with E-state index in [1.807, 2.05) is 24.3 Å². The van der Waals surface area contributed by atoms with Gasteiger partial charge in [0.2, 0.25) is 11.0 Å². The molecule has 0 atom stereocenters. The molecule has 0 fully saturated rings. The molecule has 7 nitrogen and oxygen atoms in total. The summed E-state index contributed by atoms with van der Waals surface area (Å²) in [6.07, 6.45) is 1.03. The smallest absolute Gasteiger partial charge is 0.257 e. The van der Waals surface area contributed by atoms with E-state index in [2.05, 4.69) is 20.8 Å². The molecule has 1 aromatic heterocycles. The van der Waals surface area contributed by atoms with Crippen LogP contribution in [0.25, 0.3) is 0 Å². The van der Waals surface area contributed by atoms with E-state index in [1.54, 1.807) is 38.3 Å². The Morgan fingerprint density at radius 3 is 2.36 bits per heavy atom. The van der Waals surface area contributed by atoms with E-state index >= 15 is 0 Å². The summed E-state index contributed by atoms with van der Waals surface area (Å²) in [7, 11) is 1.63. The largest absolute Gasteiger partial charge is 0.497 e. The summed E-state index contributed by atoms with van der Waals surface area (Å²) in [6.45, 7) is 1.78. The Hall–Kier alpha value is -3.26. The van der Waals surface area contributed by atoms with Gasteiger partial charge in [-0.25, -0.2) is 0 Å². The number of carbonyl (C=O) groups is 2. The van der Waals surface area contributed by atoms with Crippen LogP contribution in [-0.4, -0.2) is 29.1 Å². The summed E-state index contributed by atoms with van der Waals surface area (Å²) < 4.78 is 5.15. The number of anilines is 2. The third kappa shape index (κ3) is 5.14. The van der Waals surface area contributed by atoms with Crippen LogP contribution in [-0.2, 0) is 11.2 Å². The lowest BCUT2D eigenvalue weighted by atomic mass is 10.1. The second kappa shape index (κ2) is 9.09. The van der Waals surface area contributed by atoms with Gasteiger partial charge in [0.25, 0.3) is 5.91 Å². The minimum Gasteiger partial charge on any atom is -0.497 e. The molecule has 0 aliphatic carbocycles. The summed E-state index contributed by atoms with van der Waals surface area (Å²) in [5, 5.41) is 14.9. The van der Waals surface area contributed by atoms with Gasteiger partial charge in [-0.05, 0) is 42.0 Å². The lowest BCUT2D eigenvalue weighted by molar-refractivity contribution is -0.115. The van der Waals surface area contributed by atoms with Gasteiger partial charge >= 0.3 is 0 Å². The van der Waals surface area contributed by atoms with Crippen molar-refractivity contribution in [2.75, 3.05) is 17.7 Å². The van der Waals surface area contributed by atoms with E-state index in [0.29, 0.717) is 29.2 Å². The summed E-state index contributed by atoms with van der Waals surface area (Å²) in [4.78, 5) is 23.8. The van der Waals surface area contributed by atoms with Crippen molar-refractivity contribution in [1.29, 1.82) is 0 Å². The fourth-order valence-electron chi connectivity index (χ4n) is 2.42. The molecule has 8 heteroatoms. The van der Waals surface area contributed by atoms with Gasteiger partial charge in [-0.15, -0.1) is 10.2 Å². The minimum absolute atomic E-state index is 0.0737. The quantitative estimate of drug-likeness (QED) is 0.635. The molecular weight excluding hydrogens is 376 g/mol. The van der Waals surface area contributed by atoms with Crippen LogP contribution >= 0.6 is 11.3 Å². The van der Waals surface area contributed by atoms with Gasteiger partial charge in [-0.2, -0.15) is 0 Å². The van der Waals surface area contributed by atoms with Crippen LogP contribution in [0.4, 0.5) is 10.8 Å². The molecule has 0 unspecified atom stereocenters. The zero-order chi connectivity index (χ0) is 19.9. The van der Waals surface area contributed by atoms with Gasteiger partial charge in [-0.1, -0.05) is 30.4 Å². The number of nitrogens with one attached hydrogen (secondary N) is 2. The Morgan fingerprint density at radius 2 is 1.71 bits per heavy atom. The fraction of sp³-hybridized carbons (Fsp3) is 0.200. The van der Waals surface area contributed by atoms with Crippen molar-refractivity contribution in [3.05, 3.63) is 64.7 Å². The molecule has 3 rings (SSSR count). The van der Waals surface area contributed by atoms with Crippen LogP contribution in [0.5, 0.6) is 5.75 Å². The molecule has 2 amide bonds. The lowest BCUT2D eigenvalue weighted by Crippen LogP contribution is -2.12. The Kier molecular flexibility index (Phi) is 6.33. The summed E-state index contributed by atoms with van der Waals surface area (Å²) in [5.74, 6) is 0.449. The van der Waals surface area contributed by atoms with Crippen molar-refractivity contribution < 1.29 is 14.3 Å². The second-order valence-corrected chi connectivity index (χ2v) is 7.02. The molecule has 2 N–H and O–H groups in total. The monoisotopic (exact) mass is 396 g/mol. The zero-order valence-electron chi connectivity index (χ0n) is 15.6. The van der Waals surface area contributed by atoms with Gasteiger partial charge in [0.15, 0.2) is 0 Å². The second-order valence-electron chi connectivity index (χ2n) is 5.96. The molecule has 0 saturated carbocycles. The molecule has 0 spiro atoms. The highest BCUT2D eigenvalue weighted by Crippen LogP contribution is 2.21. The number of methoxy groups -OCH3 is 1. The van der Waals surface area contributed by atoms with Gasteiger partial charge in [0.1, 0.15) is 10.8 Å². The number of nitrogens with zero attached hydrogens (tertiary/aromatic N) is 2. The molecule has 0 radical (unpaired) electrons. The molecule has 0 aliphatic heterocycles. The molecule has 2 aromatic carbocycles. The summed E-state index contributed by atoms with van der Waals surface area (Å²) in [5.41, 5.74) is 2.21. The molecule has 28 heavy (non-hydrogen) atoms. The minimum atomic E-state index is -0.277. The molecule has 0 saturated heterocycles. The van der Waals surface area contributed by atoms with E-state index in [-0.39, 0.29) is 11.8 Å². The number of ether oxygens (including phenoxy) is 1. The highest BCUT2D eigenvalue weighted by atomic mass is 32.1. The number of hydrogen-bond donors (Lipinski definition) is 2. The topological polar surface area (TPSA) is 93.2 Å². The SMILES string of the molecule is CCC(=O)Nc1ccc(C(=O)Nc2nnc(Cc3ccc(OC)cc3)s2)cc1. The maximum absolute atomic E-state index is 12.4. The van der Waals surface area contributed by atoms with Crippen LogP contribution in [0.2, 0.25) is 0 Å². The summed E-state index contributed by atoms with van der Waals surface area (Å²) in [6, 6.07) is 14.4. The third-order valence-electron chi connectivity index (χ3n) is 3.95.